The Kier molecular flexibility index (Phi) is 4.45. The number of rotatable bonds is 3. The molecule has 4 nitrogen and oxygen atoms in total. The van der Waals surface area contributed by atoms with Crippen LogP contribution in [-0.2, 0) is 11.3 Å². The summed E-state index contributed by atoms with van der Waals surface area (Å²) < 4.78 is 0.988. The molecular weight excluding hydrogens is 344 g/mol. The molecule has 1 fully saturated rings. The number of fused-ring (bicyclic) bond motifs is 1. The van der Waals surface area contributed by atoms with Crippen LogP contribution in [0.25, 0.3) is 10.9 Å². The molecule has 0 bridgehead atoms. The van der Waals surface area contributed by atoms with Gasteiger partial charge in [0.05, 0.1) is 11.4 Å². The van der Waals surface area contributed by atoms with Gasteiger partial charge in [0.1, 0.15) is 0 Å². The van der Waals surface area contributed by atoms with Gasteiger partial charge in [0.15, 0.2) is 0 Å². The van der Waals surface area contributed by atoms with E-state index in [0.29, 0.717) is 0 Å². The number of nitrogens with zero attached hydrogens (tertiary/aromatic N) is 2. The van der Waals surface area contributed by atoms with E-state index in [1.54, 1.807) is 0 Å². The molecule has 2 aromatic rings. The number of carboxylic acids is 1. The smallest absolute Gasteiger partial charge is 0.308 e. The SMILES string of the molecule is C[C@@H]1[C@H](C(=O)O)CCCN1Cc1ccnc2c(Br)cccc12. The number of aromatic nitrogens is 1. The zero-order valence-corrected chi connectivity index (χ0v) is 14.1. The van der Waals surface area contributed by atoms with E-state index in [9.17, 15) is 9.90 Å². The lowest BCUT2D eigenvalue weighted by molar-refractivity contribution is -0.145. The maximum atomic E-state index is 11.4. The van der Waals surface area contributed by atoms with Crippen molar-refractivity contribution in [3.63, 3.8) is 0 Å². The molecule has 1 aromatic carbocycles. The second-order valence-corrected chi connectivity index (χ2v) is 6.76. The number of likely N-dealkylation sites (tertiary alicyclic amines) is 1. The molecule has 3 rings (SSSR count). The molecule has 0 spiro atoms. The van der Waals surface area contributed by atoms with Gasteiger partial charge in [0.2, 0.25) is 0 Å². The van der Waals surface area contributed by atoms with E-state index in [1.807, 2.05) is 31.3 Å². The first-order valence-electron chi connectivity index (χ1n) is 7.57. The van der Waals surface area contributed by atoms with Crippen LogP contribution in [0.2, 0.25) is 0 Å². The largest absolute Gasteiger partial charge is 0.481 e. The average molecular weight is 363 g/mol. The van der Waals surface area contributed by atoms with Crippen LogP contribution in [0.3, 0.4) is 0 Å². The summed E-state index contributed by atoms with van der Waals surface area (Å²) in [4.78, 5) is 18.1. The van der Waals surface area contributed by atoms with Crippen LogP contribution >= 0.6 is 15.9 Å². The molecule has 1 aliphatic rings. The Morgan fingerprint density at radius 2 is 2.27 bits per heavy atom. The zero-order chi connectivity index (χ0) is 15.7. The van der Waals surface area contributed by atoms with Gasteiger partial charge in [-0.25, -0.2) is 0 Å². The number of carbonyl (C=O) groups is 1. The Bertz CT molecular complexity index is 704. The van der Waals surface area contributed by atoms with Crippen LogP contribution in [0.5, 0.6) is 0 Å². The lowest BCUT2D eigenvalue weighted by Gasteiger charge is -2.37. The number of hydrogen-bond donors (Lipinski definition) is 1. The van der Waals surface area contributed by atoms with Crippen molar-refractivity contribution < 1.29 is 9.90 Å². The molecule has 0 unspecified atom stereocenters. The zero-order valence-electron chi connectivity index (χ0n) is 12.5. The van der Waals surface area contributed by atoms with E-state index in [4.69, 9.17) is 0 Å². The Morgan fingerprint density at radius 3 is 3.05 bits per heavy atom. The summed E-state index contributed by atoms with van der Waals surface area (Å²) in [5.74, 6) is -0.951. The monoisotopic (exact) mass is 362 g/mol. The molecule has 1 aromatic heterocycles. The standard InChI is InChI=1S/C17H19BrN2O2/c1-11-13(17(21)22)5-3-9-20(11)10-12-7-8-19-16-14(12)4-2-6-15(16)18/h2,4,6-8,11,13H,3,5,9-10H2,1H3,(H,21,22)/t11-,13-/m1/s1. The number of benzene rings is 1. The van der Waals surface area contributed by atoms with Crippen LogP contribution in [0.4, 0.5) is 0 Å². The van der Waals surface area contributed by atoms with E-state index in [-0.39, 0.29) is 12.0 Å². The normalized spacial score (nSPS) is 22.8. The van der Waals surface area contributed by atoms with Crippen LogP contribution in [0.1, 0.15) is 25.3 Å². The first-order chi connectivity index (χ1) is 10.6. The third-order valence-electron chi connectivity index (χ3n) is 4.62. The summed E-state index contributed by atoms with van der Waals surface area (Å²) in [6.45, 7) is 3.74. The van der Waals surface area contributed by atoms with Gasteiger partial charge in [-0.15, -0.1) is 0 Å². The number of halogens is 1. The van der Waals surface area contributed by atoms with Crippen molar-refractivity contribution in [2.75, 3.05) is 6.54 Å². The Morgan fingerprint density at radius 1 is 1.45 bits per heavy atom. The quantitative estimate of drug-likeness (QED) is 0.904. The molecule has 1 saturated heterocycles. The summed E-state index contributed by atoms with van der Waals surface area (Å²) >= 11 is 3.54. The highest BCUT2D eigenvalue weighted by molar-refractivity contribution is 9.10. The molecule has 22 heavy (non-hydrogen) atoms. The topological polar surface area (TPSA) is 53.4 Å². The van der Waals surface area contributed by atoms with Crippen LogP contribution in [0, 0.1) is 5.92 Å². The van der Waals surface area contributed by atoms with E-state index in [2.05, 4.69) is 31.9 Å². The van der Waals surface area contributed by atoms with Gasteiger partial charge in [0, 0.05) is 28.6 Å². The van der Waals surface area contributed by atoms with E-state index >= 15 is 0 Å². The molecule has 0 saturated carbocycles. The van der Waals surface area contributed by atoms with Crippen molar-refractivity contribution in [1.82, 2.24) is 9.88 Å². The number of piperidine rings is 1. The fourth-order valence-electron chi connectivity index (χ4n) is 3.32. The fraction of sp³-hybridized carbons (Fsp3) is 0.412. The summed E-state index contributed by atoms with van der Waals surface area (Å²) in [7, 11) is 0. The highest BCUT2D eigenvalue weighted by atomic mass is 79.9. The lowest BCUT2D eigenvalue weighted by atomic mass is 9.90. The van der Waals surface area contributed by atoms with E-state index in [1.165, 1.54) is 5.56 Å². The summed E-state index contributed by atoms with van der Waals surface area (Å²) in [5.41, 5.74) is 2.16. The minimum atomic E-state index is -0.681. The van der Waals surface area contributed by atoms with Crippen molar-refractivity contribution in [3.05, 3.63) is 40.5 Å². The van der Waals surface area contributed by atoms with Gasteiger partial charge in [-0.3, -0.25) is 14.7 Å². The first-order valence-corrected chi connectivity index (χ1v) is 8.36. The third kappa shape index (κ3) is 2.88. The second-order valence-electron chi connectivity index (χ2n) is 5.90. The Labute approximate surface area is 138 Å². The summed E-state index contributed by atoms with van der Waals surface area (Å²) in [6.07, 6.45) is 3.54. The molecule has 0 amide bonds. The first kappa shape index (κ1) is 15.4. The molecule has 1 aliphatic heterocycles. The number of para-hydroxylation sites is 1. The molecule has 0 radical (unpaired) electrons. The van der Waals surface area contributed by atoms with Gasteiger partial charge in [0.25, 0.3) is 0 Å². The second kappa shape index (κ2) is 6.34. The molecular formula is C17H19BrN2O2. The molecule has 1 N–H and O–H groups in total. The maximum absolute atomic E-state index is 11.4. The third-order valence-corrected chi connectivity index (χ3v) is 5.26. The van der Waals surface area contributed by atoms with Crippen LogP contribution in [0.15, 0.2) is 34.9 Å². The van der Waals surface area contributed by atoms with Crippen LogP contribution < -0.4 is 0 Å². The van der Waals surface area contributed by atoms with Crippen molar-refractivity contribution in [2.45, 2.75) is 32.4 Å². The molecule has 2 atom stereocenters. The van der Waals surface area contributed by atoms with Crippen LogP contribution in [-0.4, -0.2) is 33.5 Å². The summed E-state index contributed by atoms with van der Waals surface area (Å²) in [6, 6.07) is 8.17. The van der Waals surface area contributed by atoms with Gasteiger partial charge >= 0.3 is 5.97 Å². The Hall–Kier alpha value is -1.46. The van der Waals surface area contributed by atoms with Crippen molar-refractivity contribution >= 4 is 32.8 Å². The van der Waals surface area contributed by atoms with Gasteiger partial charge < -0.3 is 5.11 Å². The maximum Gasteiger partial charge on any atom is 0.308 e. The molecule has 5 heteroatoms. The predicted octanol–water partition coefficient (Wildman–Crippen LogP) is 3.68. The highest BCUT2D eigenvalue weighted by Gasteiger charge is 2.32. The van der Waals surface area contributed by atoms with Gasteiger partial charge in [-0.2, -0.15) is 0 Å². The minimum absolute atomic E-state index is 0.0571. The molecule has 0 aliphatic carbocycles. The minimum Gasteiger partial charge on any atom is -0.481 e. The fourth-order valence-corrected chi connectivity index (χ4v) is 3.79. The van der Waals surface area contributed by atoms with E-state index in [0.717, 1.165) is 41.3 Å². The Balaban J connectivity index is 1.90. The van der Waals surface area contributed by atoms with Crippen molar-refractivity contribution in [1.29, 1.82) is 0 Å². The number of hydrogen-bond acceptors (Lipinski definition) is 3. The van der Waals surface area contributed by atoms with Gasteiger partial charge in [-0.1, -0.05) is 12.1 Å². The average Bonchev–Trinajstić information content (AvgIpc) is 2.50. The number of pyridine rings is 1. The lowest BCUT2D eigenvalue weighted by Crippen LogP contribution is -2.45. The summed E-state index contributed by atoms with van der Waals surface area (Å²) in [5, 5.41) is 10.5. The van der Waals surface area contributed by atoms with Crippen molar-refractivity contribution in [2.24, 2.45) is 5.92 Å². The molecule has 2 heterocycles. The number of aliphatic carboxylic acids is 1. The van der Waals surface area contributed by atoms with Crippen molar-refractivity contribution in [3.8, 4) is 0 Å². The van der Waals surface area contributed by atoms with E-state index < -0.39 is 5.97 Å². The number of carboxylic acid groups (broad SMARTS) is 1. The highest BCUT2D eigenvalue weighted by Crippen LogP contribution is 2.29. The molecule has 116 valence electrons. The van der Waals surface area contributed by atoms with Gasteiger partial charge in [-0.05, 0) is 59.9 Å². The predicted molar refractivity (Wildman–Crippen MR) is 89.7 cm³/mol.